The van der Waals surface area contributed by atoms with Gasteiger partial charge < -0.3 is 0 Å². The largest absolute Gasteiger partial charge is 0.293 e. The molecule has 2 aliphatic rings. The Labute approximate surface area is 94.0 Å². The zero-order valence-electron chi connectivity index (χ0n) is 9.36. The van der Waals surface area contributed by atoms with Crippen LogP contribution in [0.1, 0.15) is 31.5 Å². The molecule has 2 unspecified atom stereocenters. The van der Waals surface area contributed by atoms with E-state index in [9.17, 15) is 4.79 Å². The molecule has 86 valence electrons. The Kier molecular flexibility index (Phi) is 2.19. The van der Waals surface area contributed by atoms with Crippen LogP contribution in [0.2, 0.25) is 0 Å². The van der Waals surface area contributed by atoms with Crippen molar-refractivity contribution in [2.75, 3.05) is 5.32 Å². The molecule has 5 heteroatoms. The molecule has 1 aromatic rings. The first kappa shape index (κ1) is 9.81. The Hall–Kier alpha value is -1.39. The van der Waals surface area contributed by atoms with Gasteiger partial charge in [-0.3, -0.25) is 15.2 Å². The van der Waals surface area contributed by atoms with Crippen LogP contribution in [0.25, 0.3) is 0 Å². The highest BCUT2D eigenvalue weighted by Crippen LogP contribution is 2.55. The second kappa shape index (κ2) is 3.57. The lowest BCUT2D eigenvalue weighted by atomic mass is 10.0. The van der Waals surface area contributed by atoms with E-state index >= 15 is 0 Å². The molecular formula is C11H16N4O. The number of rotatable bonds is 2. The molecule has 16 heavy (non-hydrogen) atoms. The predicted molar refractivity (Wildman–Crippen MR) is 58.7 cm³/mol. The van der Waals surface area contributed by atoms with Gasteiger partial charge in [-0.15, -0.1) is 5.10 Å². The van der Waals surface area contributed by atoms with Crippen molar-refractivity contribution >= 4 is 11.9 Å². The van der Waals surface area contributed by atoms with Gasteiger partial charge in [0.15, 0.2) is 0 Å². The summed E-state index contributed by atoms with van der Waals surface area (Å²) < 4.78 is 0. The molecule has 0 saturated heterocycles. The van der Waals surface area contributed by atoms with Gasteiger partial charge in [0, 0.05) is 5.92 Å². The summed E-state index contributed by atoms with van der Waals surface area (Å²) in [6.45, 7) is 1.82. The fourth-order valence-corrected chi connectivity index (χ4v) is 2.97. The van der Waals surface area contributed by atoms with Gasteiger partial charge >= 0.3 is 0 Å². The van der Waals surface area contributed by atoms with Gasteiger partial charge in [0.25, 0.3) is 0 Å². The van der Waals surface area contributed by atoms with E-state index in [0.29, 0.717) is 17.8 Å². The van der Waals surface area contributed by atoms with Crippen molar-refractivity contribution in [1.29, 1.82) is 0 Å². The maximum atomic E-state index is 11.9. The van der Waals surface area contributed by atoms with Crippen LogP contribution < -0.4 is 5.32 Å². The quantitative estimate of drug-likeness (QED) is 0.793. The van der Waals surface area contributed by atoms with E-state index in [1.807, 2.05) is 6.92 Å². The number of nitrogens with zero attached hydrogens (tertiary/aromatic N) is 2. The van der Waals surface area contributed by atoms with Crippen LogP contribution in [0.5, 0.6) is 0 Å². The van der Waals surface area contributed by atoms with Gasteiger partial charge in [-0.05, 0) is 31.6 Å². The van der Waals surface area contributed by atoms with Gasteiger partial charge in [0.1, 0.15) is 5.82 Å². The Balaban J connectivity index is 1.62. The van der Waals surface area contributed by atoms with Gasteiger partial charge in [-0.25, -0.2) is 0 Å². The van der Waals surface area contributed by atoms with Crippen molar-refractivity contribution in [3.05, 3.63) is 5.82 Å². The summed E-state index contributed by atoms with van der Waals surface area (Å²) in [5.41, 5.74) is 0. The molecule has 1 aromatic heterocycles. The molecule has 2 atom stereocenters. The van der Waals surface area contributed by atoms with Crippen molar-refractivity contribution in [1.82, 2.24) is 15.2 Å². The van der Waals surface area contributed by atoms with Crippen LogP contribution >= 0.6 is 0 Å². The molecule has 1 heterocycles. The highest BCUT2D eigenvalue weighted by molar-refractivity contribution is 5.93. The third-order valence-corrected chi connectivity index (χ3v) is 3.79. The number of aryl methyl sites for hydroxylation is 1. The minimum Gasteiger partial charge on any atom is -0.293 e. The number of nitrogens with one attached hydrogen (secondary N) is 2. The third-order valence-electron chi connectivity index (χ3n) is 3.79. The molecule has 2 N–H and O–H groups in total. The summed E-state index contributed by atoms with van der Waals surface area (Å²) in [6, 6.07) is 0. The second-order valence-corrected chi connectivity index (χ2v) is 4.87. The highest BCUT2D eigenvalue weighted by atomic mass is 16.2. The number of hydrogen-bond acceptors (Lipinski definition) is 3. The Bertz CT molecular complexity index is 402. The summed E-state index contributed by atoms with van der Waals surface area (Å²) in [6.07, 6.45) is 5.00. The van der Waals surface area contributed by atoms with Gasteiger partial charge in [0.05, 0.1) is 0 Å². The fraction of sp³-hybridized carbons (Fsp3) is 0.727. The van der Waals surface area contributed by atoms with Crippen molar-refractivity contribution in [3.63, 3.8) is 0 Å². The van der Waals surface area contributed by atoms with Crippen molar-refractivity contribution in [2.45, 2.75) is 32.6 Å². The topological polar surface area (TPSA) is 70.7 Å². The molecule has 0 aromatic carbocycles. The lowest BCUT2D eigenvalue weighted by molar-refractivity contribution is -0.117. The zero-order chi connectivity index (χ0) is 11.1. The average molecular weight is 220 g/mol. The lowest BCUT2D eigenvalue weighted by Gasteiger charge is -2.04. The standard InChI is InChI=1S/C11H16N4O/c1-6-12-11(15-14-6)13-10(16)9-7-4-2-3-5-8(7)9/h7-9H,2-5H2,1H3,(H2,12,13,14,15,16). The number of H-pyrrole nitrogens is 1. The number of anilines is 1. The fourth-order valence-electron chi connectivity index (χ4n) is 2.97. The second-order valence-electron chi connectivity index (χ2n) is 4.87. The van der Waals surface area contributed by atoms with Crippen molar-refractivity contribution in [2.24, 2.45) is 17.8 Å². The van der Waals surface area contributed by atoms with Crippen LogP contribution in [-0.4, -0.2) is 21.1 Å². The molecule has 1 amide bonds. The van der Waals surface area contributed by atoms with E-state index < -0.39 is 0 Å². The van der Waals surface area contributed by atoms with Crippen LogP contribution in [0.3, 0.4) is 0 Å². The normalized spacial score (nSPS) is 31.9. The molecule has 0 bridgehead atoms. The molecule has 2 aliphatic carbocycles. The van der Waals surface area contributed by atoms with Gasteiger partial charge in [-0.1, -0.05) is 12.8 Å². The first-order chi connectivity index (χ1) is 7.75. The van der Waals surface area contributed by atoms with Gasteiger partial charge in [0.2, 0.25) is 11.9 Å². The van der Waals surface area contributed by atoms with Crippen molar-refractivity contribution < 1.29 is 4.79 Å². The van der Waals surface area contributed by atoms with Crippen LogP contribution in [0.15, 0.2) is 0 Å². The summed E-state index contributed by atoms with van der Waals surface area (Å²) in [5, 5.41) is 9.42. The number of aromatic nitrogens is 3. The van der Waals surface area contributed by atoms with Crippen LogP contribution in [-0.2, 0) is 4.79 Å². The van der Waals surface area contributed by atoms with Crippen LogP contribution in [0, 0.1) is 24.7 Å². The summed E-state index contributed by atoms with van der Waals surface area (Å²) in [5.74, 6) is 2.73. The minimum absolute atomic E-state index is 0.107. The molecule has 3 rings (SSSR count). The van der Waals surface area contributed by atoms with E-state index in [0.717, 1.165) is 5.82 Å². The van der Waals surface area contributed by atoms with Gasteiger partial charge in [-0.2, -0.15) is 4.98 Å². The summed E-state index contributed by atoms with van der Waals surface area (Å²) in [4.78, 5) is 16.0. The minimum atomic E-state index is 0.107. The molecule has 2 fully saturated rings. The highest BCUT2D eigenvalue weighted by Gasteiger charge is 2.54. The molecule has 0 radical (unpaired) electrons. The summed E-state index contributed by atoms with van der Waals surface area (Å²) in [7, 11) is 0. The smallest absolute Gasteiger partial charge is 0.248 e. The molecule has 5 nitrogen and oxygen atoms in total. The number of fused-ring (bicyclic) bond motifs is 1. The molecule has 0 aliphatic heterocycles. The number of aromatic amines is 1. The lowest BCUT2D eigenvalue weighted by Crippen LogP contribution is -2.16. The van der Waals surface area contributed by atoms with Crippen LogP contribution in [0.4, 0.5) is 5.95 Å². The Morgan fingerprint density at radius 2 is 2.06 bits per heavy atom. The van der Waals surface area contributed by atoms with E-state index in [1.54, 1.807) is 0 Å². The first-order valence-corrected chi connectivity index (χ1v) is 5.95. The SMILES string of the molecule is Cc1nc(NC(=O)C2C3CCCCC32)n[nH]1. The Morgan fingerprint density at radius 1 is 1.38 bits per heavy atom. The average Bonchev–Trinajstić information content (AvgIpc) is 2.88. The molecule has 2 saturated carbocycles. The predicted octanol–water partition coefficient (Wildman–Crippen LogP) is 1.49. The zero-order valence-corrected chi connectivity index (χ0v) is 9.36. The maximum Gasteiger partial charge on any atom is 0.248 e. The van der Waals surface area contributed by atoms with Crippen molar-refractivity contribution in [3.8, 4) is 0 Å². The maximum absolute atomic E-state index is 11.9. The first-order valence-electron chi connectivity index (χ1n) is 5.95. The number of carbonyl (C=O) groups is 1. The summed E-state index contributed by atoms with van der Waals surface area (Å²) >= 11 is 0. The van der Waals surface area contributed by atoms with E-state index in [2.05, 4.69) is 20.5 Å². The Morgan fingerprint density at radius 3 is 2.62 bits per heavy atom. The van der Waals surface area contributed by atoms with E-state index in [4.69, 9.17) is 0 Å². The number of carbonyl (C=O) groups excluding carboxylic acids is 1. The van der Waals surface area contributed by atoms with E-state index in [-0.39, 0.29) is 11.8 Å². The van der Waals surface area contributed by atoms with E-state index in [1.165, 1.54) is 25.7 Å². The molecular weight excluding hydrogens is 204 g/mol. The molecule has 0 spiro atoms. The number of hydrogen-bond donors (Lipinski definition) is 2. The monoisotopic (exact) mass is 220 g/mol. The number of amides is 1. The third kappa shape index (κ3) is 1.60.